The summed E-state index contributed by atoms with van der Waals surface area (Å²) in [5.41, 5.74) is 5.35. The number of anilines is 1. The van der Waals surface area contributed by atoms with Gasteiger partial charge in [0, 0.05) is 25.2 Å². The summed E-state index contributed by atoms with van der Waals surface area (Å²) in [4.78, 5) is 34.8. The summed E-state index contributed by atoms with van der Waals surface area (Å²) in [6, 6.07) is 4.05. The molecule has 8 heteroatoms. The van der Waals surface area contributed by atoms with Gasteiger partial charge in [0.15, 0.2) is 0 Å². The molecular formula is C13H17N3O5. The first-order valence-electron chi connectivity index (χ1n) is 6.15. The quantitative estimate of drug-likeness (QED) is 0.597. The lowest BCUT2D eigenvalue weighted by Crippen LogP contribution is -2.47. The Balaban J connectivity index is 2.72. The van der Waals surface area contributed by atoms with Crippen LogP contribution in [0.2, 0.25) is 0 Å². The molecule has 0 aliphatic heterocycles. The highest BCUT2D eigenvalue weighted by molar-refractivity contribution is 5.94. The van der Waals surface area contributed by atoms with Gasteiger partial charge < -0.3 is 21.3 Å². The predicted octanol–water partition coefficient (Wildman–Crippen LogP) is 0.257. The summed E-state index contributed by atoms with van der Waals surface area (Å²) in [5.74, 6) is -1.92. The SMILES string of the molecule is CN(C(=O)N[C@@H](CCC(N)=O)C(=O)O)c1cccc(O)c1. The first-order valence-corrected chi connectivity index (χ1v) is 6.15. The van der Waals surface area contributed by atoms with Crippen molar-refractivity contribution in [1.29, 1.82) is 0 Å². The molecule has 0 heterocycles. The minimum absolute atomic E-state index is 0.0179. The summed E-state index contributed by atoms with van der Waals surface area (Å²) in [5, 5.41) is 20.6. The van der Waals surface area contributed by atoms with Crippen LogP contribution < -0.4 is 16.0 Å². The fourth-order valence-corrected chi connectivity index (χ4v) is 1.61. The van der Waals surface area contributed by atoms with E-state index in [1.54, 1.807) is 12.1 Å². The number of phenolic OH excluding ortho intramolecular Hbond substituents is 1. The molecule has 0 aliphatic rings. The second kappa shape index (κ2) is 7.13. The number of carboxylic acid groups (broad SMARTS) is 1. The van der Waals surface area contributed by atoms with Crippen molar-refractivity contribution >= 4 is 23.6 Å². The van der Waals surface area contributed by atoms with E-state index in [1.807, 2.05) is 0 Å². The van der Waals surface area contributed by atoms with Gasteiger partial charge in [0.25, 0.3) is 0 Å². The van der Waals surface area contributed by atoms with Gasteiger partial charge in [-0.15, -0.1) is 0 Å². The second-order valence-electron chi connectivity index (χ2n) is 4.42. The topological polar surface area (TPSA) is 133 Å². The van der Waals surface area contributed by atoms with Gasteiger partial charge >= 0.3 is 12.0 Å². The molecule has 0 saturated heterocycles. The summed E-state index contributed by atoms with van der Waals surface area (Å²) in [6.45, 7) is 0. The highest BCUT2D eigenvalue weighted by Gasteiger charge is 2.22. The number of nitrogens with two attached hydrogens (primary N) is 1. The number of carboxylic acids is 1. The summed E-state index contributed by atoms with van der Waals surface area (Å²) in [7, 11) is 1.43. The largest absolute Gasteiger partial charge is 0.508 e. The van der Waals surface area contributed by atoms with Crippen molar-refractivity contribution < 1.29 is 24.6 Å². The molecule has 114 valence electrons. The fourth-order valence-electron chi connectivity index (χ4n) is 1.61. The van der Waals surface area contributed by atoms with E-state index in [9.17, 15) is 19.5 Å². The van der Waals surface area contributed by atoms with Gasteiger partial charge in [-0.3, -0.25) is 9.69 Å². The average molecular weight is 295 g/mol. The molecule has 3 amide bonds. The Labute approximate surface area is 121 Å². The number of amides is 3. The van der Waals surface area contributed by atoms with Crippen molar-refractivity contribution in [2.75, 3.05) is 11.9 Å². The van der Waals surface area contributed by atoms with Crippen LogP contribution in [0.4, 0.5) is 10.5 Å². The standard InChI is InChI=1S/C13H17N3O5/c1-16(8-3-2-4-9(17)7-8)13(21)15-10(12(19)20)5-6-11(14)18/h2-4,7,10,17H,5-6H2,1H3,(H2,14,18)(H,15,21)(H,19,20)/t10-/m0/s1. The van der Waals surface area contributed by atoms with Gasteiger partial charge in [-0.05, 0) is 18.6 Å². The van der Waals surface area contributed by atoms with E-state index in [0.29, 0.717) is 5.69 Å². The minimum atomic E-state index is -1.26. The molecule has 8 nitrogen and oxygen atoms in total. The summed E-state index contributed by atoms with van der Waals surface area (Å²) in [6.07, 6.45) is -0.239. The zero-order valence-corrected chi connectivity index (χ0v) is 11.4. The maximum absolute atomic E-state index is 12.0. The normalized spacial score (nSPS) is 11.5. The van der Waals surface area contributed by atoms with Crippen molar-refractivity contribution in [3.8, 4) is 5.75 Å². The molecule has 21 heavy (non-hydrogen) atoms. The summed E-state index contributed by atoms with van der Waals surface area (Å²) < 4.78 is 0. The van der Waals surface area contributed by atoms with Crippen LogP contribution in [0.3, 0.4) is 0 Å². The van der Waals surface area contributed by atoms with Crippen molar-refractivity contribution in [3.63, 3.8) is 0 Å². The lowest BCUT2D eigenvalue weighted by molar-refractivity contribution is -0.139. The number of rotatable bonds is 6. The molecule has 0 bridgehead atoms. The van der Waals surface area contributed by atoms with Crippen molar-refractivity contribution in [3.05, 3.63) is 24.3 Å². The number of carbonyl (C=O) groups excluding carboxylic acids is 2. The molecule has 0 saturated carbocycles. The zero-order chi connectivity index (χ0) is 16.0. The highest BCUT2D eigenvalue weighted by atomic mass is 16.4. The first kappa shape index (κ1) is 16.3. The van der Waals surface area contributed by atoms with Gasteiger partial charge in [-0.2, -0.15) is 0 Å². The molecule has 1 aromatic carbocycles. The van der Waals surface area contributed by atoms with E-state index in [1.165, 1.54) is 19.2 Å². The molecule has 0 unspecified atom stereocenters. The average Bonchev–Trinajstić information content (AvgIpc) is 2.41. The van der Waals surface area contributed by atoms with Crippen molar-refractivity contribution in [1.82, 2.24) is 5.32 Å². The van der Waals surface area contributed by atoms with E-state index in [-0.39, 0.29) is 18.6 Å². The number of carbonyl (C=O) groups is 3. The third kappa shape index (κ3) is 5.01. The van der Waals surface area contributed by atoms with Gasteiger partial charge in [0.2, 0.25) is 5.91 Å². The number of nitrogens with one attached hydrogen (secondary N) is 1. The van der Waals surface area contributed by atoms with Crippen LogP contribution in [-0.4, -0.2) is 41.2 Å². The Morgan fingerprint density at radius 3 is 2.57 bits per heavy atom. The first-order chi connectivity index (χ1) is 9.81. The summed E-state index contributed by atoms with van der Waals surface area (Å²) >= 11 is 0. The number of nitrogens with zero attached hydrogens (tertiary/aromatic N) is 1. The number of urea groups is 1. The zero-order valence-electron chi connectivity index (χ0n) is 11.4. The van der Waals surface area contributed by atoms with Crippen LogP contribution in [0.15, 0.2) is 24.3 Å². The van der Waals surface area contributed by atoms with E-state index in [4.69, 9.17) is 10.8 Å². The minimum Gasteiger partial charge on any atom is -0.508 e. The molecular weight excluding hydrogens is 278 g/mol. The van der Waals surface area contributed by atoms with E-state index in [0.717, 1.165) is 4.90 Å². The molecule has 1 aromatic rings. The molecule has 1 atom stereocenters. The Morgan fingerprint density at radius 1 is 1.38 bits per heavy atom. The van der Waals surface area contributed by atoms with Crippen LogP contribution in [-0.2, 0) is 9.59 Å². The number of primary amides is 1. The second-order valence-corrected chi connectivity index (χ2v) is 4.42. The molecule has 1 rings (SSSR count). The van der Waals surface area contributed by atoms with Crippen LogP contribution in [0.25, 0.3) is 0 Å². The third-order valence-electron chi connectivity index (χ3n) is 2.80. The maximum Gasteiger partial charge on any atom is 0.326 e. The van der Waals surface area contributed by atoms with Gasteiger partial charge in [0.05, 0.1) is 0 Å². The van der Waals surface area contributed by atoms with Crippen LogP contribution in [0.5, 0.6) is 5.75 Å². The smallest absolute Gasteiger partial charge is 0.326 e. The maximum atomic E-state index is 12.0. The third-order valence-corrected chi connectivity index (χ3v) is 2.80. The molecule has 0 fully saturated rings. The predicted molar refractivity (Wildman–Crippen MR) is 74.9 cm³/mol. The van der Waals surface area contributed by atoms with E-state index >= 15 is 0 Å². The Kier molecular flexibility index (Phi) is 5.53. The molecule has 0 radical (unpaired) electrons. The highest BCUT2D eigenvalue weighted by Crippen LogP contribution is 2.18. The lowest BCUT2D eigenvalue weighted by atomic mass is 10.1. The molecule has 5 N–H and O–H groups in total. The van der Waals surface area contributed by atoms with E-state index in [2.05, 4.69) is 5.32 Å². The van der Waals surface area contributed by atoms with Crippen molar-refractivity contribution in [2.45, 2.75) is 18.9 Å². The van der Waals surface area contributed by atoms with Gasteiger partial charge in [-0.25, -0.2) is 9.59 Å². The number of aromatic hydroxyl groups is 1. The Bertz CT molecular complexity index is 546. The molecule has 0 spiro atoms. The fraction of sp³-hybridized carbons (Fsp3) is 0.308. The number of phenols is 1. The molecule has 0 aliphatic carbocycles. The molecule has 0 aromatic heterocycles. The van der Waals surface area contributed by atoms with E-state index < -0.39 is 23.9 Å². The van der Waals surface area contributed by atoms with Crippen molar-refractivity contribution in [2.24, 2.45) is 5.73 Å². The van der Waals surface area contributed by atoms with Crippen LogP contribution >= 0.6 is 0 Å². The van der Waals surface area contributed by atoms with Crippen LogP contribution in [0, 0.1) is 0 Å². The number of hydrogen-bond acceptors (Lipinski definition) is 4. The van der Waals surface area contributed by atoms with Gasteiger partial charge in [-0.1, -0.05) is 6.07 Å². The monoisotopic (exact) mass is 295 g/mol. The van der Waals surface area contributed by atoms with Crippen LogP contribution in [0.1, 0.15) is 12.8 Å². The number of hydrogen-bond donors (Lipinski definition) is 4. The Hall–Kier alpha value is -2.77. The number of benzene rings is 1. The van der Waals surface area contributed by atoms with Gasteiger partial charge in [0.1, 0.15) is 11.8 Å². The Morgan fingerprint density at radius 2 is 2.05 bits per heavy atom. The number of aliphatic carboxylic acids is 1. The lowest BCUT2D eigenvalue weighted by Gasteiger charge is -2.21.